The van der Waals surface area contributed by atoms with Crippen LogP contribution in [-0.2, 0) is 11.2 Å². The Bertz CT molecular complexity index is 1240. The van der Waals surface area contributed by atoms with Crippen molar-refractivity contribution in [3.8, 4) is 0 Å². The molecule has 8 heteroatoms. The fraction of sp³-hybridized carbons (Fsp3) is 0.562. The minimum atomic E-state index is -0.354. The minimum absolute atomic E-state index is 0.245. The van der Waals surface area contributed by atoms with Crippen LogP contribution in [0.3, 0.4) is 0 Å². The van der Waals surface area contributed by atoms with E-state index in [4.69, 9.17) is 32.9 Å². The Morgan fingerprint density at radius 2 is 1.77 bits per heavy atom. The number of hydrogen-bond donors (Lipinski definition) is 2. The van der Waals surface area contributed by atoms with Gasteiger partial charge < -0.3 is 20.3 Å². The second-order valence-corrected chi connectivity index (χ2v) is 13.5. The number of anilines is 1. The van der Waals surface area contributed by atoms with Crippen molar-refractivity contribution in [3.63, 3.8) is 0 Å². The number of rotatable bonds is 6. The monoisotopic (exact) mass is 584 g/mol. The van der Waals surface area contributed by atoms with Crippen LogP contribution in [0.25, 0.3) is 0 Å². The molecule has 6 atom stereocenters. The molecule has 6 nitrogen and oxygen atoms in total. The number of hydrogen-bond acceptors (Lipinski definition) is 4. The maximum atomic E-state index is 12.7. The molecular formula is C32H42Cl2N4O2. The molecule has 2 unspecified atom stereocenters. The zero-order valence-corrected chi connectivity index (χ0v) is 25.7. The Morgan fingerprint density at radius 3 is 2.40 bits per heavy atom. The molecule has 0 spiro atoms. The highest BCUT2D eigenvalue weighted by Crippen LogP contribution is 2.61. The molecule has 3 aliphatic carbocycles. The molecular weight excluding hydrogens is 543 g/mol. The van der Waals surface area contributed by atoms with E-state index in [0.717, 1.165) is 48.6 Å². The van der Waals surface area contributed by atoms with Gasteiger partial charge in [0.1, 0.15) is 0 Å². The number of esters is 1. The van der Waals surface area contributed by atoms with Gasteiger partial charge in [-0.1, -0.05) is 50.0 Å². The van der Waals surface area contributed by atoms with Gasteiger partial charge in [0.15, 0.2) is 5.96 Å². The smallest absolute Gasteiger partial charge is 0.338 e. The maximum absolute atomic E-state index is 12.7. The molecule has 1 aliphatic heterocycles. The average Bonchev–Trinajstić information content (AvgIpc) is 2.90. The number of halogens is 2. The first-order chi connectivity index (χ1) is 19.0. The Kier molecular flexibility index (Phi) is 8.70. The summed E-state index contributed by atoms with van der Waals surface area (Å²) in [5, 5.41) is 8.41. The Balaban J connectivity index is 1.25. The van der Waals surface area contributed by atoms with E-state index in [1.165, 1.54) is 6.42 Å². The zero-order chi connectivity index (χ0) is 28.6. The summed E-state index contributed by atoms with van der Waals surface area (Å²) in [6.07, 6.45) is 3.02. The first kappa shape index (κ1) is 29.2. The van der Waals surface area contributed by atoms with E-state index in [1.54, 1.807) is 12.1 Å². The summed E-state index contributed by atoms with van der Waals surface area (Å²) in [7, 11) is 0. The quantitative estimate of drug-likeness (QED) is 0.219. The lowest BCUT2D eigenvalue weighted by Gasteiger charge is -2.61. The third kappa shape index (κ3) is 6.29. The zero-order valence-electron chi connectivity index (χ0n) is 24.2. The number of nitrogens with one attached hydrogen (secondary N) is 2. The number of fused-ring (bicyclic) bond motifs is 2. The lowest BCUT2D eigenvalue weighted by atomic mass is 9.45. The van der Waals surface area contributed by atoms with Gasteiger partial charge in [-0.15, -0.1) is 0 Å². The molecule has 2 aromatic carbocycles. The van der Waals surface area contributed by atoms with Crippen LogP contribution in [0, 0.1) is 23.2 Å². The molecule has 2 aromatic rings. The molecule has 1 heterocycles. The second kappa shape index (κ2) is 11.9. The van der Waals surface area contributed by atoms with E-state index >= 15 is 0 Å². The van der Waals surface area contributed by atoms with E-state index in [-0.39, 0.29) is 12.6 Å². The number of carbonyl (C=O) groups excluding carboxylic acids is 1. The van der Waals surface area contributed by atoms with Crippen LogP contribution in [0.4, 0.5) is 5.69 Å². The van der Waals surface area contributed by atoms with E-state index < -0.39 is 0 Å². The number of aliphatic imine (C=N–C) groups is 1. The van der Waals surface area contributed by atoms with Crippen LogP contribution in [-0.4, -0.2) is 54.7 Å². The number of benzene rings is 2. The van der Waals surface area contributed by atoms with Crippen LogP contribution < -0.4 is 10.6 Å². The molecule has 40 heavy (non-hydrogen) atoms. The molecule has 4 aliphatic rings. The molecule has 0 radical (unpaired) electrons. The largest absolute Gasteiger partial charge is 0.462 e. The van der Waals surface area contributed by atoms with Gasteiger partial charge in [-0.25, -0.2) is 9.79 Å². The summed E-state index contributed by atoms with van der Waals surface area (Å²) in [6.45, 7) is 13.7. The summed E-state index contributed by atoms with van der Waals surface area (Å²) in [6, 6.07) is 13.9. The minimum Gasteiger partial charge on any atom is -0.462 e. The standard InChI is InChI=1S/C32H42Cl2N4O2/c1-19-17-38(18-20(2)35-19)31(37-29-15-24-14-27(21(29)3)32(24,4)5)36-26-10-7-23(8-11-26)30(39)40-13-12-22-6-9-25(33)16-28(22)34/h6-11,16,19-21,24,27,29,35H,12-15,17-18H2,1-5H3,(H,36,37)/t19-,20+,21?,24-,27+,29?/m1/s1. The van der Waals surface area contributed by atoms with Gasteiger partial charge in [0.05, 0.1) is 18.2 Å². The van der Waals surface area contributed by atoms with Crippen molar-refractivity contribution in [2.75, 3.05) is 25.0 Å². The van der Waals surface area contributed by atoms with Crippen molar-refractivity contribution in [1.29, 1.82) is 0 Å². The first-order valence-corrected chi connectivity index (χ1v) is 15.3. The van der Waals surface area contributed by atoms with Gasteiger partial charge in [0.25, 0.3) is 0 Å². The summed E-state index contributed by atoms with van der Waals surface area (Å²) >= 11 is 12.2. The van der Waals surface area contributed by atoms with Gasteiger partial charge in [0.2, 0.25) is 0 Å². The fourth-order valence-corrected chi connectivity index (χ4v) is 7.53. The van der Waals surface area contributed by atoms with E-state index in [0.29, 0.717) is 51.5 Å². The number of carbonyl (C=O) groups is 1. The van der Waals surface area contributed by atoms with E-state index in [2.05, 4.69) is 50.2 Å². The predicted octanol–water partition coefficient (Wildman–Crippen LogP) is 6.91. The average molecular weight is 586 g/mol. The van der Waals surface area contributed by atoms with Gasteiger partial charge in [-0.05, 0) is 91.8 Å². The molecule has 2 N–H and O–H groups in total. The van der Waals surface area contributed by atoms with Crippen LogP contribution in [0.5, 0.6) is 0 Å². The number of ether oxygens (including phenoxy) is 1. The SMILES string of the molecule is CC1C(N=C(Nc2ccc(C(=O)OCCc3ccc(Cl)cc3Cl)cc2)N2C[C@@H](C)N[C@@H](C)C2)C[C@H]2C[C@@H]1C2(C)C. The molecule has 2 bridgehead atoms. The molecule has 216 valence electrons. The number of nitrogens with zero attached hydrogens (tertiary/aromatic N) is 2. The first-order valence-electron chi connectivity index (χ1n) is 14.6. The maximum Gasteiger partial charge on any atom is 0.338 e. The van der Waals surface area contributed by atoms with Crippen molar-refractivity contribution < 1.29 is 9.53 Å². The highest BCUT2D eigenvalue weighted by Gasteiger charge is 2.56. The van der Waals surface area contributed by atoms with Gasteiger partial charge in [-0.2, -0.15) is 0 Å². The van der Waals surface area contributed by atoms with Gasteiger partial charge in [0, 0.05) is 47.3 Å². The van der Waals surface area contributed by atoms with Crippen LogP contribution >= 0.6 is 23.2 Å². The Hall–Kier alpha value is -2.28. The van der Waals surface area contributed by atoms with Gasteiger partial charge >= 0.3 is 5.97 Å². The highest BCUT2D eigenvalue weighted by molar-refractivity contribution is 6.35. The van der Waals surface area contributed by atoms with Crippen molar-refractivity contribution >= 4 is 40.8 Å². The molecule has 3 saturated carbocycles. The number of piperazine rings is 1. The van der Waals surface area contributed by atoms with Gasteiger partial charge in [-0.3, -0.25) is 0 Å². The third-order valence-corrected chi connectivity index (χ3v) is 10.0. The normalized spacial score (nSPS) is 29.5. The Labute approximate surface area is 248 Å². The highest BCUT2D eigenvalue weighted by atomic mass is 35.5. The predicted molar refractivity (Wildman–Crippen MR) is 165 cm³/mol. The fourth-order valence-electron chi connectivity index (χ4n) is 7.02. The van der Waals surface area contributed by atoms with Crippen molar-refractivity contribution in [2.24, 2.45) is 28.2 Å². The summed E-state index contributed by atoms with van der Waals surface area (Å²) in [5.41, 5.74) is 2.76. The Morgan fingerprint density at radius 1 is 1.07 bits per heavy atom. The molecule has 6 rings (SSSR count). The summed E-state index contributed by atoms with van der Waals surface area (Å²) in [4.78, 5) is 20.4. The van der Waals surface area contributed by atoms with Crippen LogP contribution in [0.1, 0.15) is 63.4 Å². The topological polar surface area (TPSA) is 66.0 Å². The lowest BCUT2D eigenvalue weighted by Crippen LogP contribution is -2.59. The van der Waals surface area contributed by atoms with Crippen molar-refractivity contribution in [1.82, 2.24) is 10.2 Å². The third-order valence-electron chi connectivity index (χ3n) is 9.46. The van der Waals surface area contributed by atoms with E-state index in [1.807, 2.05) is 30.3 Å². The number of guanidine groups is 1. The lowest BCUT2D eigenvalue weighted by molar-refractivity contribution is -0.108. The molecule has 1 saturated heterocycles. The van der Waals surface area contributed by atoms with E-state index in [9.17, 15) is 4.79 Å². The van der Waals surface area contributed by atoms with Crippen molar-refractivity contribution in [3.05, 3.63) is 63.6 Å². The summed E-state index contributed by atoms with van der Waals surface area (Å²) in [5.74, 6) is 2.64. The summed E-state index contributed by atoms with van der Waals surface area (Å²) < 4.78 is 5.51. The molecule has 4 fully saturated rings. The molecule has 0 amide bonds. The van der Waals surface area contributed by atoms with Crippen LogP contribution in [0.2, 0.25) is 10.0 Å². The van der Waals surface area contributed by atoms with Crippen molar-refractivity contribution in [2.45, 2.75) is 72.0 Å². The molecule has 0 aromatic heterocycles. The van der Waals surface area contributed by atoms with Crippen LogP contribution in [0.15, 0.2) is 47.5 Å². The second-order valence-electron chi connectivity index (χ2n) is 12.7.